The fraction of sp³-hybridized carbons (Fsp3) is 0.500. The van der Waals surface area contributed by atoms with E-state index >= 15 is 0 Å². The van der Waals surface area contributed by atoms with Gasteiger partial charge >= 0.3 is 6.61 Å². The molecule has 1 aromatic carbocycles. The first-order valence-corrected chi connectivity index (χ1v) is 9.90. The smallest absolute Gasteiger partial charge is 0.387 e. The highest BCUT2D eigenvalue weighted by Crippen LogP contribution is 2.28. The zero-order valence-electron chi connectivity index (χ0n) is 15.7. The summed E-state index contributed by atoms with van der Waals surface area (Å²) in [5.74, 6) is 0.353. The lowest BCUT2D eigenvalue weighted by Gasteiger charge is -2.35. The molecule has 1 aliphatic rings. The van der Waals surface area contributed by atoms with Crippen LogP contribution in [0, 0.1) is 0 Å². The van der Waals surface area contributed by atoms with Crippen LogP contribution in [0.15, 0.2) is 33.9 Å². The van der Waals surface area contributed by atoms with Crippen molar-refractivity contribution >= 4 is 17.7 Å². The van der Waals surface area contributed by atoms with Gasteiger partial charge in [-0.05, 0) is 37.7 Å². The Hall–Kier alpha value is -2.20. The predicted molar refractivity (Wildman–Crippen MR) is 100 cm³/mol. The standard InChI is InChI=1S/C18H22F2N4O3S/c1-3-23-8-10-24(11-9-23)16(25)12(2)28-18-22-21-15(27-18)13-4-6-14(7-5-13)26-17(19)20/h4-7,12,17H,3,8-11H2,1-2H3. The molecule has 152 valence electrons. The van der Waals surface area contributed by atoms with Gasteiger partial charge in [0.15, 0.2) is 0 Å². The van der Waals surface area contributed by atoms with Crippen LogP contribution in [-0.4, -0.2) is 70.5 Å². The molecule has 1 saturated heterocycles. The lowest BCUT2D eigenvalue weighted by Crippen LogP contribution is -2.50. The average molecular weight is 412 g/mol. The molecule has 0 N–H and O–H groups in total. The van der Waals surface area contributed by atoms with Crippen LogP contribution in [0.4, 0.5) is 8.78 Å². The zero-order chi connectivity index (χ0) is 20.1. The second kappa shape index (κ2) is 9.33. The maximum absolute atomic E-state index is 12.6. The van der Waals surface area contributed by atoms with Crippen molar-refractivity contribution in [1.29, 1.82) is 0 Å². The summed E-state index contributed by atoms with van der Waals surface area (Å²) in [5, 5.41) is 7.88. The molecule has 0 saturated carbocycles. The van der Waals surface area contributed by atoms with E-state index in [1.165, 1.54) is 23.9 Å². The Labute approximate surface area is 166 Å². The molecule has 1 atom stereocenters. The Morgan fingerprint density at radius 3 is 2.50 bits per heavy atom. The Morgan fingerprint density at radius 1 is 1.21 bits per heavy atom. The van der Waals surface area contributed by atoms with E-state index < -0.39 is 6.61 Å². The fourth-order valence-corrected chi connectivity index (χ4v) is 3.66. The quantitative estimate of drug-likeness (QED) is 0.648. The number of benzene rings is 1. The van der Waals surface area contributed by atoms with Crippen LogP contribution in [0.25, 0.3) is 11.5 Å². The summed E-state index contributed by atoms with van der Waals surface area (Å²) >= 11 is 1.21. The van der Waals surface area contributed by atoms with E-state index in [-0.39, 0.29) is 28.0 Å². The van der Waals surface area contributed by atoms with Crippen LogP contribution in [-0.2, 0) is 4.79 Å². The monoisotopic (exact) mass is 412 g/mol. The number of rotatable bonds is 7. The topological polar surface area (TPSA) is 71.7 Å². The van der Waals surface area contributed by atoms with Crippen LogP contribution >= 0.6 is 11.8 Å². The maximum atomic E-state index is 12.6. The van der Waals surface area contributed by atoms with Crippen molar-refractivity contribution in [3.8, 4) is 17.2 Å². The second-order valence-corrected chi connectivity index (χ2v) is 7.59. The second-order valence-electron chi connectivity index (χ2n) is 6.30. The van der Waals surface area contributed by atoms with Gasteiger partial charge in [-0.1, -0.05) is 18.7 Å². The number of nitrogens with zero attached hydrogens (tertiary/aromatic N) is 4. The first-order valence-electron chi connectivity index (χ1n) is 9.02. The van der Waals surface area contributed by atoms with E-state index in [0.717, 1.165) is 32.7 Å². The Morgan fingerprint density at radius 2 is 1.89 bits per heavy atom. The van der Waals surface area contributed by atoms with Gasteiger partial charge in [-0.25, -0.2) is 0 Å². The molecule has 7 nitrogen and oxygen atoms in total. The maximum Gasteiger partial charge on any atom is 0.387 e. The van der Waals surface area contributed by atoms with E-state index in [2.05, 4.69) is 26.8 Å². The number of ether oxygens (including phenoxy) is 1. The minimum Gasteiger partial charge on any atom is -0.435 e. The van der Waals surface area contributed by atoms with Gasteiger partial charge in [0.25, 0.3) is 5.22 Å². The van der Waals surface area contributed by atoms with E-state index in [9.17, 15) is 13.6 Å². The van der Waals surface area contributed by atoms with Crippen LogP contribution < -0.4 is 4.74 Å². The molecule has 2 heterocycles. The highest BCUT2D eigenvalue weighted by molar-refractivity contribution is 8.00. The molecule has 2 aromatic rings. The average Bonchev–Trinajstić information content (AvgIpc) is 3.16. The highest BCUT2D eigenvalue weighted by Gasteiger charge is 2.26. The van der Waals surface area contributed by atoms with Gasteiger partial charge in [0.05, 0.1) is 5.25 Å². The minimum absolute atomic E-state index is 0.0500. The van der Waals surface area contributed by atoms with E-state index in [1.807, 2.05) is 11.8 Å². The first-order chi connectivity index (χ1) is 13.5. The third kappa shape index (κ3) is 5.20. The van der Waals surface area contributed by atoms with E-state index in [1.54, 1.807) is 12.1 Å². The normalized spacial score (nSPS) is 16.4. The number of amides is 1. The first kappa shape index (κ1) is 20.5. The molecule has 1 aromatic heterocycles. The molecule has 0 aliphatic carbocycles. The minimum atomic E-state index is -2.87. The molecular formula is C18H22F2N4O3S. The van der Waals surface area contributed by atoms with Crippen molar-refractivity contribution in [1.82, 2.24) is 20.0 Å². The van der Waals surface area contributed by atoms with Crippen LogP contribution in [0.5, 0.6) is 5.75 Å². The van der Waals surface area contributed by atoms with Crippen molar-refractivity contribution < 1.29 is 22.7 Å². The summed E-state index contributed by atoms with van der Waals surface area (Å²) < 4.78 is 34.3. The molecule has 1 fully saturated rings. The van der Waals surface area contributed by atoms with Gasteiger partial charge in [-0.3, -0.25) is 4.79 Å². The van der Waals surface area contributed by atoms with Gasteiger partial charge < -0.3 is 19.0 Å². The highest BCUT2D eigenvalue weighted by atomic mass is 32.2. The summed E-state index contributed by atoms with van der Waals surface area (Å²) in [6.45, 7) is 5.26. The molecule has 0 radical (unpaired) electrons. The third-order valence-electron chi connectivity index (χ3n) is 4.49. The van der Waals surface area contributed by atoms with Gasteiger partial charge in [-0.15, -0.1) is 10.2 Å². The lowest BCUT2D eigenvalue weighted by molar-refractivity contribution is -0.132. The van der Waals surface area contributed by atoms with Gasteiger partial charge in [0.1, 0.15) is 5.75 Å². The number of thioether (sulfide) groups is 1. The van der Waals surface area contributed by atoms with Crippen molar-refractivity contribution in [2.75, 3.05) is 32.7 Å². The molecule has 28 heavy (non-hydrogen) atoms. The number of aromatic nitrogens is 2. The van der Waals surface area contributed by atoms with Gasteiger partial charge in [0.2, 0.25) is 11.8 Å². The molecule has 1 aliphatic heterocycles. The van der Waals surface area contributed by atoms with Crippen LogP contribution in [0.1, 0.15) is 13.8 Å². The van der Waals surface area contributed by atoms with Crippen LogP contribution in [0.2, 0.25) is 0 Å². The van der Waals surface area contributed by atoms with Crippen molar-refractivity contribution in [2.24, 2.45) is 0 Å². The number of carbonyl (C=O) groups is 1. The Kier molecular flexibility index (Phi) is 6.84. The molecule has 3 rings (SSSR count). The SMILES string of the molecule is CCN1CCN(C(=O)C(C)Sc2nnc(-c3ccc(OC(F)F)cc3)o2)CC1. The summed E-state index contributed by atoms with van der Waals surface area (Å²) in [6, 6.07) is 5.92. The number of carbonyl (C=O) groups excluding carboxylic acids is 1. The number of piperazine rings is 1. The van der Waals surface area contributed by atoms with Crippen molar-refractivity contribution in [3.63, 3.8) is 0 Å². The van der Waals surface area contributed by atoms with Gasteiger partial charge in [0, 0.05) is 31.7 Å². The molecule has 1 unspecified atom stereocenters. The zero-order valence-corrected chi connectivity index (χ0v) is 16.5. The summed E-state index contributed by atoms with van der Waals surface area (Å²) in [5.41, 5.74) is 0.579. The van der Waals surface area contributed by atoms with Crippen LogP contribution in [0.3, 0.4) is 0 Å². The van der Waals surface area contributed by atoms with Gasteiger partial charge in [-0.2, -0.15) is 8.78 Å². The van der Waals surface area contributed by atoms with E-state index in [4.69, 9.17) is 4.42 Å². The summed E-state index contributed by atoms with van der Waals surface area (Å²) in [6.07, 6.45) is 0. The Balaban J connectivity index is 1.57. The lowest BCUT2D eigenvalue weighted by atomic mass is 10.2. The van der Waals surface area contributed by atoms with Crippen molar-refractivity contribution in [2.45, 2.75) is 30.9 Å². The molecule has 10 heteroatoms. The number of hydrogen-bond acceptors (Lipinski definition) is 7. The number of halogens is 2. The molecule has 1 amide bonds. The summed E-state index contributed by atoms with van der Waals surface area (Å²) in [7, 11) is 0. The van der Waals surface area contributed by atoms with Crippen molar-refractivity contribution in [3.05, 3.63) is 24.3 Å². The van der Waals surface area contributed by atoms with E-state index in [0.29, 0.717) is 5.56 Å². The predicted octanol–water partition coefficient (Wildman–Crippen LogP) is 2.98. The number of hydrogen-bond donors (Lipinski definition) is 0. The fourth-order valence-electron chi connectivity index (χ4n) is 2.90. The summed E-state index contributed by atoms with van der Waals surface area (Å²) in [4.78, 5) is 16.8. The molecule has 0 bridgehead atoms. The largest absolute Gasteiger partial charge is 0.435 e. The third-order valence-corrected chi connectivity index (χ3v) is 5.41. The number of likely N-dealkylation sites (N-methyl/N-ethyl adjacent to an activating group) is 1. The molecule has 0 spiro atoms. The number of alkyl halides is 2. The Bertz CT molecular complexity index is 779. The molecular weight excluding hydrogens is 390 g/mol.